The largest absolute Gasteiger partial charge is 0.478 e. The van der Waals surface area contributed by atoms with Crippen molar-refractivity contribution in [2.24, 2.45) is 10.7 Å². The van der Waals surface area contributed by atoms with Gasteiger partial charge in [0, 0.05) is 23.0 Å². The van der Waals surface area contributed by atoms with Gasteiger partial charge in [-0.15, -0.1) is 11.3 Å². The number of amidine groups is 1. The van der Waals surface area contributed by atoms with Crippen molar-refractivity contribution in [1.29, 1.82) is 0 Å². The molecule has 32 heavy (non-hydrogen) atoms. The highest BCUT2D eigenvalue weighted by Gasteiger charge is 2.24. The van der Waals surface area contributed by atoms with E-state index in [9.17, 15) is 23.1 Å². The molecule has 1 fully saturated rings. The Labute approximate surface area is 188 Å². The smallest absolute Gasteiger partial charge is 0.335 e. The van der Waals surface area contributed by atoms with Crippen LogP contribution in [-0.4, -0.2) is 47.4 Å². The van der Waals surface area contributed by atoms with Crippen molar-refractivity contribution in [3.8, 4) is 11.1 Å². The predicted molar refractivity (Wildman–Crippen MR) is 127 cm³/mol. The standard InChI is InChI=1S/C22H23N3O5S2/c1-2-25-12-17(13-4-3-5-14(10-13)22(27)28)19-16(21(25)26)11-18(31-19)20(23)24-15-6-8-32(29,30)9-7-15/h3-5,10-12,15H,2,6-9H2,1H3,(H2,23,24)(H,27,28). The van der Waals surface area contributed by atoms with Gasteiger partial charge in [-0.25, -0.2) is 13.2 Å². The monoisotopic (exact) mass is 473 g/mol. The molecule has 10 heteroatoms. The molecule has 1 aliphatic heterocycles. The number of hydrogen-bond acceptors (Lipinski definition) is 6. The number of carbonyl (C=O) groups is 1. The zero-order valence-electron chi connectivity index (χ0n) is 17.4. The SMILES string of the molecule is CCn1cc(-c2cccc(C(=O)O)c2)c2sc(C(N)=NC3CCS(=O)(=O)CC3)cc2c1=O. The van der Waals surface area contributed by atoms with Crippen molar-refractivity contribution in [3.63, 3.8) is 0 Å². The first-order valence-electron chi connectivity index (χ1n) is 10.2. The number of carboxylic acid groups (broad SMARTS) is 1. The number of aromatic nitrogens is 1. The Kier molecular flexibility index (Phi) is 5.91. The van der Waals surface area contributed by atoms with Crippen molar-refractivity contribution in [2.75, 3.05) is 11.5 Å². The molecular formula is C22H23N3O5S2. The van der Waals surface area contributed by atoms with E-state index in [0.29, 0.717) is 39.9 Å². The van der Waals surface area contributed by atoms with Gasteiger partial charge in [-0.05, 0) is 43.5 Å². The van der Waals surface area contributed by atoms with Gasteiger partial charge in [0.2, 0.25) is 0 Å². The lowest BCUT2D eigenvalue weighted by molar-refractivity contribution is 0.0697. The fraction of sp³-hybridized carbons (Fsp3) is 0.318. The number of fused-ring (bicyclic) bond motifs is 1. The maximum absolute atomic E-state index is 12.9. The first-order valence-corrected chi connectivity index (χ1v) is 12.9. The number of sulfone groups is 1. The molecule has 0 aliphatic carbocycles. The summed E-state index contributed by atoms with van der Waals surface area (Å²) < 4.78 is 25.6. The van der Waals surface area contributed by atoms with Gasteiger partial charge in [0.05, 0.1) is 33.4 Å². The van der Waals surface area contributed by atoms with Crippen molar-refractivity contribution in [1.82, 2.24) is 4.57 Å². The third-order valence-corrected chi connectivity index (χ3v) is 8.52. The van der Waals surface area contributed by atoms with E-state index < -0.39 is 15.8 Å². The van der Waals surface area contributed by atoms with Crippen LogP contribution in [0.3, 0.4) is 0 Å². The normalized spacial score (nSPS) is 17.0. The van der Waals surface area contributed by atoms with E-state index in [1.54, 1.807) is 29.0 Å². The van der Waals surface area contributed by atoms with Gasteiger partial charge in [0.1, 0.15) is 15.7 Å². The minimum atomic E-state index is -2.99. The first kappa shape index (κ1) is 22.2. The molecule has 0 atom stereocenters. The molecule has 0 radical (unpaired) electrons. The molecule has 0 unspecified atom stereocenters. The van der Waals surface area contributed by atoms with E-state index in [4.69, 9.17) is 5.73 Å². The lowest BCUT2D eigenvalue weighted by Gasteiger charge is -2.18. The number of aromatic carboxylic acids is 1. The van der Waals surface area contributed by atoms with Gasteiger partial charge in [-0.2, -0.15) is 0 Å². The summed E-state index contributed by atoms with van der Waals surface area (Å²) in [5, 5.41) is 9.85. The van der Waals surface area contributed by atoms with Crippen molar-refractivity contribution < 1.29 is 18.3 Å². The number of carboxylic acids is 1. The number of thiophene rings is 1. The predicted octanol–water partition coefficient (Wildman–Crippen LogP) is 2.73. The summed E-state index contributed by atoms with van der Waals surface area (Å²) in [6, 6.07) is 8.15. The first-order chi connectivity index (χ1) is 15.2. The molecule has 0 amide bonds. The molecule has 0 saturated carbocycles. The van der Waals surface area contributed by atoms with Gasteiger partial charge in [-0.1, -0.05) is 12.1 Å². The Morgan fingerprint density at radius 1 is 1.28 bits per heavy atom. The number of hydrogen-bond donors (Lipinski definition) is 2. The highest BCUT2D eigenvalue weighted by atomic mass is 32.2. The van der Waals surface area contributed by atoms with Crippen LogP contribution in [0.5, 0.6) is 0 Å². The molecule has 1 aromatic carbocycles. The minimum absolute atomic E-state index is 0.103. The lowest BCUT2D eigenvalue weighted by atomic mass is 10.0. The molecule has 8 nitrogen and oxygen atoms in total. The lowest BCUT2D eigenvalue weighted by Crippen LogP contribution is -2.27. The Balaban J connectivity index is 1.81. The third kappa shape index (κ3) is 4.33. The Morgan fingerprint density at radius 2 is 2.00 bits per heavy atom. The average Bonchev–Trinajstić information content (AvgIpc) is 3.22. The molecule has 0 spiro atoms. The second-order valence-electron chi connectivity index (χ2n) is 7.77. The van der Waals surface area contributed by atoms with Gasteiger partial charge in [0.25, 0.3) is 5.56 Å². The topological polar surface area (TPSA) is 132 Å². The van der Waals surface area contributed by atoms with Gasteiger partial charge >= 0.3 is 5.97 Å². The van der Waals surface area contributed by atoms with Crippen LogP contribution >= 0.6 is 11.3 Å². The number of nitrogens with zero attached hydrogens (tertiary/aromatic N) is 2. The fourth-order valence-electron chi connectivity index (χ4n) is 3.83. The van der Waals surface area contributed by atoms with Crippen molar-refractivity contribution in [2.45, 2.75) is 32.4 Å². The fourth-order valence-corrected chi connectivity index (χ4v) is 6.39. The molecule has 3 heterocycles. The van der Waals surface area contributed by atoms with Gasteiger partial charge < -0.3 is 15.4 Å². The number of aliphatic imine (C=N–C) groups is 1. The van der Waals surface area contributed by atoms with E-state index >= 15 is 0 Å². The second-order valence-corrected chi connectivity index (χ2v) is 11.1. The average molecular weight is 474 g/mol. The van der Waals surface area contributed by atoms with Crippen LogP contribution in [0.15, 0.2) is 46.3 Å². The molecule has 3 aromatic rings. The highest BCUT2D eigenvalue weighted by molar-refractivity contribution is 7.91. The summed E-state index contributed by atoms with van der Waals surface area (Å²) in [6.07, 6.45) is 2.61. The summed E-state index contributed by atoms with van der Waals surface area (Å²) in [5.74, 6) is -0.536. The number of nitrogens with two attached hydrogens (primary N) is 1. The minimum Gasteiger partial charge on any atom is -0.478 e. The zero-order chi connectivity index (χ0) is 23.0. The Morgan fingerprint density at radius 3 is 2.66 bits per heavy atom. The van der Waals surface area contributed by atoms with Crippen molar-refractivity contribution >= 4 is 43.1 Å². The third-order valence-electron chi connectivity index (χ3n) is 5.61. The Bertz CT molecular complexity index is 1390. The van der Waals surface area contributed by atoms with Crippen LogP contribution in [-0.2, 0) is 16.4 Å². The molecule has 1 saturated heterocycles. The molecular weight excluding hydrogens is 450 g/mol. The molecule has 4 rings (SSSR count). The van der Waals surface area contributed by atoms with Crippen LogP contribution in [0, 0.1) is 0 Å². The van der Waals surface area contributed by atoms with Crippen LogP contribution in [0.2, 0.25) is 0 Å². The van der Waals surface area contributed by atoms with E-state index in [1.165, 1.54) is 17.4 Å². The van der Waals surface area contributed by atoms with E-state index in [-0.39, 0.29) is 34.5 Å². The van der Waals surface area contributed by atoms with Crippen LogP contribution in [0.4, 0.5) is 0 Å². The molecule has 1 aliphatic rings. The van der Waals surface area contributed by atoms with Gasteiger partial charge in [0.15, 0.2) is 0 Å². The maximum Gasteiger partial charge on any atom is 0.335 e. The Hall–Kier alpha value is -2.98. The summed E-state index contributed by atoms with van der Waals surface area (Å²) in [7, 11) is -2.99. The summed E-state index contributed by atoms with van der Waals surface area (Å²) >= 11 is 1.33. The number of rotatable bonds is 5. The highest BCUT2D eigenvalue weighted by Crippen LogP contribution is 2.34. The van der Waals surface area contributed by atoms with Gasteiger partial charge in [-0.3, -0.25) is 9.79 Å². The number of benzene rings is 1. The summed E-state index contributed by atoms with van der Waals surface area (Å²) in [5.41, 5.74) is 7.70. The quantitative estimate of drug-likeness (QED) is 0.433. The molecule has 0 bridgehead atoms. The number of pyridine rings is 1. The second kappa shape index (κ2) is 8.51. The molecule has 2 aromatic heterocycles. The van der Waals surface area contributed by atoms with Crippen LogP contribution in [0.25, 0.3) is 21.2 Å². The number of aryl methyl sites for hydroxylation is 1. The zero-order valence-corrected chi connectivity index (χ0v) is 19.1. The van der Waals surface area contributed by atoms with E-state index in [2.05, 4.69) is 4.99 Å². The van der Waals surface area contributed by atoms with E-state index in [1.807, 2.05) is 13.0 Å². The summed E-state index contributed by atoms with van der Waals surface area (Å²) in [6.45, 7) is 2.33. The maximum atomic E-state index is 12.9. The van der Waals surface area contributed by atoms with Crippen molar-refractivity contribution in [3.05, 3.63) is 57.3 Å². The van der Waals surface area contributed by atoms with Crippen LogP contribution < -0.4 is 11.3 Å². The van der Waals surface area contributed by atoms with E-state index in [0.717, 1.165) is 5.56 Å². The summed E-state index contributed by atoms with van der Waals surface area (Å²) in [4.78, 5) is 29.5. The van der Waals surface area contributed by atoms with Crippen LogP contribution in [0.1, 0.15) is 35.0 Å². The molecule has 168 valence electrons. The molecule has 3 N–H and O–H groups in total.